The van der Waals surface area contributed by atoms with Crippen molar-refractivity contribution in [1.82, 2.24) is 9.99 Å². The maximum Gasteiger partial charge on any atom is 0.248 e. The third-order valence-electron chi connectivity index (χ3n) is 6.64. The topological polar surface area (TPSA) is 46.4 Å². The minimum absolute atomic E-state index is 0.0241. The molecule has 0 radical (unpaired) electrons. The first-order chi connectivity index (χ1) is 14.2. The number of benzene rings is 2. The van der Waals surface area contributed by atoms with Crippen LogP contribution in [0.1, 0.15) is 67.1 Å². The summed E-state index contributed by atoms with van der Waals surface area (Å²) in [7, 11) is 2.03. The molecule has 1 unspecified atom stereocenters. The van der Waals surface area contributed by atoms with Gasteiger partial charge in [0.25, 0.3) is 0 Å². The van der Waals surface area contributed by atoms with Crippen molar-refractivity contribution in [1.29, 1.82) is 0 Å². The van der Waals surface area contributed by atoms with E-state index >= 15 is 0 Å². The quantitative estimate of drug-likeness (QED) is 0.659. The van der Waals surface area contributed by atoms with Gasteiger partial charge in [0.05, 0.1) is 11.6 Å². The Morgan fingerprint density at radius 1 is 1.00 bits per heavy atom. The van der Waals surface area contributed by atoms with Crippen LogP contribution in [0.25, 0.3) is 10.9 Å². The Labute approximate surface area is 171 Å². The number of hydrogen-bond acceptors (Lipinski definition) is 2. The molecule has 2 aliphatic rings. The van der Waals surface area contributed by atoms with Crippen molar-refractivity contribution < 1.29 is 4.79 Å². The lowest BCUT2D eigenvalue weighted by molar-refractivity contribution is -0.122. The van der Waals surface area contributed by atoms with E-state index in [2.05, 4.69) is 57.7 Å². The lowest BCUT2D eigenvalue weighted by atomic mass is 9.83. The summed E-state index contributed by atoms with van der Waals surface area (Å²) >= 11 is 0. The average molecular weight is 386 g/mol. The van der Waals surface area contributed by atoms with E-state index in [0.717, 1.165) is 27.7 Å². The fourth-order valence-corrected chi connectivity index (χ4v) is 5.00. The smallest absolute Gasteiger partial charge is 0.248 e. The molecule has 1 atom stereocenters. The summed E-state index contributed by atoms with van der Waals surface area (Å²) in [6, 6.07) is 17.1. The summed E-state index contributed by atoms with van der Waals surface area (Å²) in [4.78, 5) is 12.7. The summed E-state index contributed by atoms with van der Waals surface area (Å²) < 4.78 is 2.10. The summed E-state index contributed by atoms with van der Waals surface area (Å²) in [5.41, 5.74) is 8.50. The zero-order valence-corrected chi connectivity index (χ0v) is 16.9. The van der Waals surface area contributed by atoms with Crippen LogP contribution < -0.4 is 5.43 Å². The van der Waals surface area contributed by atoms with Gasteiger partial charge in [0.1, 0.15) is 0 Å². The average Bonchev–Trinajstić information content (AvgIpc) is 3.11. The lowest BCUT2D eigenvalue weighted by Crippen LogP contribution is -2.33. The van der Waals surface area contributed by atoms with E-state index in [1.807, 2.05) is 19.2 Å². The van der Waals surface area contributed by atoms with Gasteiger partial charge in [-0.3, -0.25) is 4.79 Å². The molecule has 2 aromatic carbocycles. The largest absolute Gasteiger partial charge is 0.350 e. The predicted molar refractivity (Wildman–Crippen MR) is 117 cm³/mol. The van der Waals surface area contributed by atoms with Crippen molar-refractivity contribution in [2.45, 2.75) is 50.4 Å². The Kier molecular flexibility index (Phi) is 4.70. The van der Waals surface area contributed by atoms with Gasteiger partial charge in [-0.2, -0.15) is 5.10 Å². The fourth-order valence-electron chi connectivity index (χ4n) is 5.00. The monoisotopic (exact) mass is 385 g/mol. The van der Waals surface area contributed by atoms with Gasteiger partial charge < -0.3 is 4.57 Å². The molecule has 1 aliphatic carbocycles. The number of hydrazone groups is 1. The van der Waals surface area contributed by atoms with Crippen LogP contribution in [0.3, 0.4) is 0 Å². The second-order valence-corrected chi connectivity index (χ2v) is 8.46. The summed E-state index contributed by atoms with van der Waals surface area (Å²) in [5.74, 6) is 0.463. The van der Waals surface area contributed by atoms with Crippen LogP contribution in [-0.4, -0.2) is 16.2 Å². The number of carbonyl (C=O) groups excluding carboxylic acids is 1. The number of para-hydroxylation sites is 1. The van der Waals surface area contributed by atoms with Gasteiger partial charge in [-0.25, -0.2) is 5.43 Å². The first-order valence-electron chi connectivity index (χ1n) is 10.7. The number of hydrogen-bond donors (Lipinski definition) is 1. The van der Waals surface area contributed by atoms with Crippen LogP contribution in [0.2, 0.25) is 0 Å². The van der Waals surface area contributed by atoms with Gasteiger partial charge in [0.2, 0.25) is 5.91 Å². The molecule has 2 heterocycles. The lowest BCUT2D eigenvalue weighted by Gasteiger charge is -2.23. The Morgan fingerprint density at radius 3 is 2.55 bits per heavy atom. The summed E-state index contributed by atoms with van der Waals surface area (Å²) in [6.45, 7) is 0. The van der Waals surface area contributed by atoms with Crippen LogP contribution in [0.15, 0.2) is 59.8 Å². The van der Waals surface area contributed by atoms with E-state index in [9.17, 15) is 4.79 Å². The SMILES string of the molecule is Cn1cc(C2CC(c3ccc(C4CCCCC4)cc3)=NNC2=O)c2ccccc21. The van der Waals surface area contributed by atoms with Crippen LogP contribution in [0, 0.1) is 0 Å². The van der Waals surface area contributed by atoms with Gasteiger partial charge in [0, 0.05) is 30.6 Å². The Balaban J connectivity index is 1.41. The minimum Gasteiger partial charge on any atom is -0.350 e. The van der Waals surface area contributed by atoms with Crippen LogP contribution >= 0.6 is 0 Å². The van der Waals surface area contributed by atoms with Crippen LogP contribution in [-0.2, 0) is 11.8 Å². The highest BCUT2D eigenvalue weighted by Gasteiger charge is 2.29. The standard InChI is InChI=1S/C25H27N3O/c1-28-16-22(20-9-5-6-10-24(20)28)21-15-23(26-27-25(21)29)19-13-11-18(12-14-19)17-7-3-2-4-8-17/h5-6,9-14,16-17,21H,2-4,7-8,15H2,1H3,(H,27,29). The van der Waals surface area contributed by atoms with Gasteiger partial charge in [0.15, 0.2) is 0 Å². The van der Waals surface area contributed by atoms with Gasteiger partial charge in [-0.05, 0) is 41.5 Å². The van der Waals surface area contributed by atoms with Gasteiger partial charge in [-0.15, -0.1) is 0 Å². The first-order valence-corrected chi connectivity index (χ1v) is 10.7. The van der Waals surface area contributed by atoms with Crippen molar-refractivity contribution in [3.8, 4) is 0 Å². The molecule has 4 heteroatoms. The Bertz CT molecular complexity index is 1070. The number of amides is 1. The molecule has 4 nitrogen and oxygen atoms in total. The zero-order chi connectivity index (χ0) is 19.8. The molecule has 1 aromatic heterocycles. The van der Waals surface area contributed by atoms with Crippen molar-refractivity contribution in [2.24, 2.45) is 12.1 Å². The third-order valence-corrected chi connectivity index (χ3v) is 6.64. The molecule has 148 valence electrons. The van der Waals surface area contributed by atoms with E-state index in [1.54, 1.807) is 0 Å². The third kappa shape index (κ3) is 3.37. The number of fused-ring (bicyclic) bond motifs is 1. The number of nitrogens with zero attached hydrogens (tertiary/aromatic N) is 2. The normalized spacial score (nSPS) is 20.5. The van der Waals surface area contributed by atoms with Crippen LogP contribution in [0.5, 0.6) is 0 Å². The molecule has 1 saturated carbocycles. The maximum absolute atomic E-state index is 12.7. The molecule has 5 rings (SSSR count). The van der Waals surface area contributed by atoms with Gasteiger partial charge >= 0.3 is 0 Å². The molecule has 1 fully saturated rings. The highest BCUT2D eigenvalue weighted by molar-refractivity contribution is 6.07. The number of rotatable bonds is 3. The Morgan fingerprint density at radius 2 is 1.76 bits per heavy atom. The number of nitrogens with one attached hydrogen (secondary N) is 1. The molecule has 1 N–H and O–H groups in total. The van der Waals surface area contributed by atoms with Crippen molar-refractivity contribution in [2.75, 3.05) is 0 Å². The molecular weight excluding hydrogens is 358 g/mol. The summed E-state index contributed by atoms with van der Waals surface area (Å²) in [6.07, 6.45) is 9.39. The van der Waals surface area contributed by atoms with E-state index in [4.69, 9.17) is 0 Å². The number of aromatic nitrogens is 1. The molecule has 1 amide bonds. The minimum atomic E-state index is -0.216. The van der Waals surface area contributed by atoms with Gasteiger partial charge in [-0.1, -0.05) is 61.7 Å². The van der Waals surface area contributed by atoms with Crippen molar-refractivity contribution in [3.63, 3.8) is 0 Å². The second-order valence-electron chi connectivity index (χ2n) is 8.46. The highest BCUT2D eigenvalue weighted by Crippen LogP contribution is 2.34. The highest BCUT2D eigenvalue weighted by atomic mass is 16.2. The van der Waals surface area contributed by atoms with E-state index < -0.39 is 0 Å². The maximum atomic E-state index is 12.7. The molecule has 0 spiro atoms. The summed E-state index contributed by atoms with van der Waals surface area (Å²) in [5, 5.41) is 5.54. The molecule has 3 aromatic rings. The predicted octanol–water partition coefficient (Wildman–Crippen LogP) is 5.23. The number of carbonyl (C=O) groups is 1. The fraction of sp³-hybridized carbons (Fsp3) is 0.360. The Hall–Kier alpha value is -2.88. The number of aryl methyl sites for hydroxylation is 1. The van der Waals surface area contributed by atoms with E-state index in [1.165, 1.54) is 37.7 Å². The van der Waals surface area contributed by atoms with Crippen LogP contribution in [0.4, 0.5) is 0 Å². The van der Waals surface area contributed by atoms with Crippen molar-refractivity contribution >= 4 is 22.5 Å². The van der Waals surface area contributed by atoms with Crippen molar-refractivity contribution in [3.05, 3.63) is 71.4 Å². The first kappa shape index (κ1) is 18.2. The molecular formula is C25H27N3O. The second kappa shape index (κ2) is 7.51. The molecule has 0 bridgehead atoms. The molecule has 0 saturated heterocycles. The van der Waals surface area contributed by atoms with E-state index in [0.29, 0.717) is 12.3 Å². The van der Waals surface area contributed by atoms with E-state index in [-0.39, 0.29) is 11.8 Å². The molecule has 29 heavy (non-hydrogen) atoms. The molecule has 1 aliphatic heterocycles. The zero-order valence-electron chi connectivity index (χ0n) is 16.9.